The van der Waals surface area contributed by atoms with Gasteiger partial charge in [0.25, 0.3) is 0 Å². The van der Waals surface area contributed by atoms with Gasteiger partial charge in [0.1, 0.15) is 0 Å². The molecular weight excluding hydrogens is 122 g/mol. The Morgan fingerprint density at radius 1 is 1.50 bits per heavy atom. The minimum atomic E-state index is 0.496. The van der Waals surface area contributed by atoms with E-state index in [2.05, 4.69) is 6.92 Å². The third-order valence-electron chi connectivity index (χ3n) is 2.52. The molecule has 0 aromatic carbocycles. The summed E-state index contributed by atoms with van der Waals surface area (Å²) in [6, 6.07) is 0.496. The Labute approximate surface area is 64.0 Å². The van der Waals surface area contributed by atoms with Crippen molar-refractivity contribution in [2.45, 2.75) is 51.5 Å². The van der Waals surface area contributed by atoms with Crippen molar-refractivity contribution < 1.29 is 0 Å². The molecule has 1 nitrogen and oxygen atoms in total. The second kappa shape index (κ2) is 3.97. The van der Waals surface area contributed by atoms with Gasteiger partial charge in [-0.25, -0.2) is 0 Å². The molecule has 1 rings (SSSR count). The summed E-state index contributed by atoms with van der Waals surface area (Å²) >= 11 is 0. The van der Waals surface area contributed by atoms with Crippen LogP contribution in [-0.2, 0) is 0 Å². The molecule has 1 aliphatic carbocycles. The highest BCUT2D eigenvalue weighted by Gasteiger charge is 2.19. The second-order valence-corrected chi connectivity index (χ2v) is 3.58. The lowest BCUT2D eigenvalue weighted by atomic mass is 9.80. The molecule has 0 amide bonds. The predicted octanol–water partition coefficient (Wildman–Crippen LogP) is 2.30. The van der Waals surface area contributed by atoms with E-state index >= 15 is 0 Å². The van der Waals surface area contributed by atoms with Gasteiger partial charge in [-0.1, -0.05) is 32.6 Å². The summed E-state index contributed by atoms with van der Waals surface area (Å²) in [6.07, 6.45) is 8.08. The first kappa shape index (κ1) is 8.06. The van der Waals surface area contributed by atoms with Gasteiger partial charge in [-0.15, -0.1) is 0 Å². The van der Waals surface area contributed by atoms with Crippen LogP contribution in [0.25, 0.3) is 0 Å². The summed E-state index contributed by atoms with van der Waals surface area (Å²) in [4.78, 5) is 0. The minimum absolute atomic E-state index is 0.496. The molecule has 0 bridgehead atoms. The van der Waals surface area contributed by atoms with Gasteiger partial charge in [-0.2, -0.15) is 0 Å². The summed E-state index contributed by atoms with van der Waals surface area (Å²) in [5, 5.41) is 0. The molecule has 1 saturated carbocycles. The zero-order valence-corrected chi connectivity index (χ0v) is 6.97. The van der Waals surface area contributed by atoms with Gasteiger partial charge in [0.05, 0.1) is 0 Å². The average Bonchev–Trinajstić information content (AvgIpc) is 1.80. The minimum Gasteiger partial charge on any atom is -0.328 e. The molecule has 1 aliphatic rings. The van der Waals surface area contributed by atoms with Crippen molar-refractivity contribution >= 4 is 0 Å². The van der Waals surface area contributed by atoms with Crippen LogP contribution in [0.3, 0.4) is 0 Å². The van der Waals surface area contributed by atoms with E-state index in [4.69, 9.17) is 5.73 Å². The van der Waals surface area contributed by atoms with E-state index in [0.29, 0.717) is 6.04 Å². The number of hydrogen-bond acceptors (Lipinski definition) is 1. The number of nitrogens with two attached hydrogens (primary N) is 1. The van der Waals surface area contributed by atoms with Gasteiger partial charge in [-0.3, -0.25) is 0 Å². The van der Waals surface area contributed by atoms with Crippen LogP contribution in [0.5, 0.6) is 0 Å². The largest absolute Gasteiger partial charge is 0.328 e. The van der Waals surface area contributed by atoms with Crippen LogP contribution in [0, 0.1) is 5.92 Å². The maximum Gasteiger partial charge on any atom is 0.00413 e. The molecule has 0 spiro atoms. The summed E-state index contributed by atoms with van der Waals surface area (Å²) < 4.78 is 0. The predicted molar refractivity (Wildman–Crippen MR) is 44.8 cm³/mol. The van der Waals surface area contributed by atoms with Crippen molar-refractivity contribution in [3.63, 3.8) is 0 Å². The fraction of sp³-hybridized carbons (Fsp3) is 1.00. The molecule has 0 heterocycles. The first-order chi connectivity index (χ1) is 4.83. The highest BCUT2D eigenvalue weighted by Crippen LogP contribution is 2.30. The molecule has 1 heteroatoms. The van der Waals surface area contributed by atoms with Gasteiger partial charge in [0.2, 0.25) is 0 Å². The highest BCUT2D eigenvalue weighted by molar-refractivity contribution is 4.74. The van der Waals surface area contributed by atoms with E-state index in [-0.39, 0.29) is 0 Å². The Balaban J connectivity index is 1.99. The van der Waals surface area contributed by atoms with Gasteiger partial charge >= 0.3 is 0 Å². The molecule has 0 aromatic heterocycles. The third kappa shape index (κ3) is 2.30. The zero-order chi connectivity index (χ0) is 7.40. The molecule has 0 aliphatic heterocycles. The molecule has 0 aromatic rings. The lowest BCUT2D eigenvalue weighted by molar-refractivity contribution is 0.271. The molecule has 0 radical (unpaired) electrons. The van der Waals surface area contributed by atoms with Crippen LogP contribution in [0.15, 0.2) is 0 Å². The standard InChI is InChI=1S/C9H19N/c1-2-4-9(10)7-8-5-3-6-8/h8-9H,2-7,10H2,1H3. The third-order valence-corrected chi connectivity index (χ3v) is 2.52. The van der Waals surface area contributed by atoms with Gasteiger partial charge in [0, 0.05) is 6.04 Å². The Hall–Kier alpha value is -0.0400. The maximum absolute atomic E-state index is 5.89. The Kier molecular flexibility index (Phi) is 3.20. The van der Waals surface area contributed by atoms with Crippen LogP contribution in [0.4, 0.5) is 0 Å². The summed E-state index contributed by atoms with van der Waals surface area (Å²) in [6.45, 7) is 2.21. The summed E-state index contributed by atoms with van der Waals surface area (Å²) in [7, 11) is 0. The van der Waals surface area contributed by atoms with Crippen molar-refractivity contribution in [1.82, 2.24) is 0 Å². The Morgan fingerprint density at radius 2 is 2.20 bits per heavy atom. The van der Waals surface area contributed by atoms with E-state index < -0.39 is 0 Å². The van der Waals surface area contributed by atoms with Crippen LogP contribution in [-0.4, -0.2) is 6.04 Å². The fourth-order valence-corrected chi connectivity index (χ4v) is 1.65. The summed E-state index contributed by atoms with van der Waals surface area (Å²) in [5.41, 5.74) is 5.89. The molecule has 1 unspecified atom stereocenters. The normalized spacial score (nSPS) is 22.2. The first-order valence-electron chi connectivity index (χ1n) is 4.58. The Morgan fingerprint density at radius 3 is 2.60 bits per heavy atom. The SMILES string of the molecule is CCCC(N)CC1CCC1. The topological polar surface area (TPSA) is 26.0 Å². The van der Waals surface area contributed by atoms with Crippen LogP contribution >= 0.6 is 0 Å². The van der Waals surface area contributed by atoms with E-state index in [1.165, 1.54) is 38.5 Å². The van der Waals surface area contributed by atoms with Crippen molar-refractivity contribution in [3.8, 4) is 0 Å². The van der Waals surface area contributed by atoms with Crippen molar-refractivity contribution in [1.29, 1.82) is 0 Å². The first-order valence-corrected chi connectivity index (χ1v) is 4.58. The van der Waals surface area contributed by atoms with E-state index in [9.17, 15) is 0 Å². The quantitative estimate of drug-likeness (QED) is 0.638. The molecule has 1 atom stereocenters. The van der Waals surface area contributed by atoms with Crippen LogP contribution < -0.4 is 5.73 Å². The van der Waals surface area contributed by atoms with Gasteiger partial charge in [-0.05, 0) is 18.8 Å². The maximum atomic E-state index is 5.89. The van der Waals surface area contributed by atoms with Crippen molar-refractivity contribution in [3.05, 3.63) is 0 Å². The molecular formula is C9H19N. The lowest BCUT2D eigenvalue weighted by Crippen LogP contribution is -2.26. The van der Waals surface area contributed by atoms with Crippen molar-refractivity contribution in [2.75, 3.05) is 0 Å². The van der Waals surface area contributed by atoms with Crippen molar-refractivity contribution in [2.24, 2.45) is 11.7 Å². The molecule has 10 heavy (non-hydrogen) atoms. The molecule has 1 fully saturated rings. The average molecular weight is 141 g/mol. The zero-order valence-electron chi connectivity index (χ0n) is 6.97. The van der Waals surface area contributed by atoms with E-state index in [1.807, 2.05) is 0 Å². The molecule has 60 valence electrons. The van der Waals surface area contributed by atoms with Crippen LogP contribution in [0.1, 0.15) is 45.4 Å². The van der Waals surface area contributed by atoms with E-state index in [1.54, 1.807) is 0 Å². The fourth-order valence-electron chi connectivity index (χ4n) is 1.65. The van der Waals surface area contributed by atoms with Gasteiger partial charge in [0.15, 0.2) is 0 Å². The highest BCUT2D eigenvalue weighted by atomic mass is 14.6. The number of hydrogen-bond donors (Lipinski definition) is 1. The lowest BCUT2D eigenvalue weighted by Gasteiger charge is -2.27. The second-order valence-electron chi connectivity index (χ2n) is 3.58. The smallest absolute Gasteiger partial charge is 0.00413 e. The van der Waals surface area contributed by atoms with Gasteiger partial charge < -0.3 is 5.73 Å². The van der Waals surface area contributed by atoms with Crippen LogP contribution in [0.2, 0.25) is 0 Å². The number of rotatable bonds is 4. The summed E-state index contributed by atoms with van der Waals surface area (Å²) in [5.74, 6) is 0.988. The van der Waals surface area contributed by atoms with E-state index in [0.717, 1.165) is 5.92 Å². The molecule has 0 saturated heterocycles. The Bertz CT molecular complexity index is 86.7. The molecule has 2 N–H and O–H groups in total. The monoisotopic (exact) mass is 141 g/mol.